The van der Waals surface area contributed by atoms with Gasteiger partial charge in [0, 0.05) is 10.8 Å². The minimum Gasteiger partial charge on any atom is -0.384 e. The van der Waals surface area contributed by atoms with Crippen molar-refractivity contribution in [3.8, 4) is 0 Å². The molecule has 4 aromatic rings. The van der Waals surface area contributed by atoms with Crippen LogP contribution in [0.25, 0.3) is 21.8 Å². The maximum atomic E-state index is 5.51. The summed E-state index contributed by atoms with van der Waals surface area (Å²) in [6.45, 7) is 0. The maximum absolute atomic E-state index is 5.51. The molecule has 22 heavy (non-hydrogen) atoms. The summed E-state index contributed by atoms with van der Waals surface area (Å²) in [7, 11) is 0. The molecule has 4 heteroatoms. The van der Waals surface area contributed by atoms with Gasteiger partial charge in [0.25, 0.3) is 0 Å². The standard InChI is InChI=1S/2C9H8N2/c2*10-9-6-5-7-3-1-2-4-8(7)11-9/h2*1-6H,(H2,10,11). The molecule has 108 valence electrons. The van der Waals surface area contributed by atoms with Crippen molar-refractivity contribution in [1.82, 2.24) is 9.97 Å². The van der Waals surface area contributed by atoms with E-state index in [0.717, 1.165) is 21.8 Å². The van der Waals surface area contributed by atoms with Crippen molar-refractivity contribution < 1.29 is 0 Å². The summed E-state index contributed by atoms with van der Waals surface area (Å²) in [6, 6.07) is 23.4. The molecule has 0 bridgehead atoms. The van der Waals surface area contributed by atoms with Gasteiger partial charge in [-0.3, -0.25) is 0 Å². The van der Waals surface area contributed by atoms with Gasteiger partial charge in [-0.15, -0.1) is 0 Å². The molecule has 2 heterocycles. The number of fused-ring (bicyclic) bond motifs is 2. The van der Waals surface area contributed by atoms with Crippen LogP contribution in [0.3, 0.4) is 0 Å². The fourth-order valence-corrected chi connectivity index (χ4v) is 2.16. The van der Waals surface area contributed by atoms with E-state index in [2.05, 4.69) is 9.97 Å². The average Bonchev–Trinajstić information content (AvgIpc) is 2.55. The van der Waals surface area contributed by atoms with Gasteiger partial charge in [0.2, 0.25) is 0 Å². The van der Waals surface area contributed by atoms with Crippen LogP contribution in [0.4, 0.5) is 11.6 Å². The zero-order chi connectivity index (χ0) is 15.4. The van der Waals surface area contributed by atoms with E-state index in [0.29, 0.717) is 11.6 Å². The summed E-state index contributed by atoms with van der Waals surface area (Å²) in [5.41, 5.74) is 12.9. The molecule has 0 aliphatic carbocycles. The van der Waals surface area contributed by atoms with Gasteiger partial charge >= 0.3 is 0 Å². The molecule has 0 spiro atoms. The Hall–Kier alpha value is -3.14. The smallest absolute Gasteiger partial charge is 0.124 e. The lowest BCUT2D eigenvalue weighted by Gasteiger charge is -1.95. The molecule has 4 N–H and O–H groups in total. The Kier molecular flexibility index (Phi) is 3.83. The van der Waals surface area contributed by atoms with Gasteiger partial charge in [-0.1, -0.05) is 36.4 Å². The minimum atomic E-state index is 0.573. The van der Waals surface area contributed by atoms with E-state index in [4.69, 9.17) is 11.5 Å². The predicted molar refractivity (Wildman–Crippen MR) is 92.3 cm³/mol. The molecule has 0 aliphatic heterocycles. The van der Waals surface area contributed by atoms with Gasteiger partial charge in [0.15, 0.2) is 0 Å². The van der Waals surface area contributed by atoms with Gasteiger partial charge in [0.1, 0.15) is 11.6 Å². The lowest BCUT2D eigenvalue weighted by Crippen LogP contribution is -1.88. The number of nitrogens with zero attached hydrogens (tertiary/aromatic N) is 2. The molecule has 0 fully saturated rings. The highest BCUT2D eigenvalue weighted by Crippen LogP contribution is 2.12. The number of hydrogen-bond acceptors (Lipinski definition) is 4. The number of hydrogen-bond donors (Lipinski definition) is 2. The van der Waals surface area contributed by atoms with E-state index < -0.39 is 0 Å². The summed E-state index contributed by atoms with van der Waals surface area (Å²) in [5.74, 6) is 1.15. The molecule has 0 saturated carbocycles. The molecule has 0 unspecified atom stereocenters. The first-order valence-corrected chi connectivity index (χ1v) is 6.95. The highest BCUT2D eigenvalue weighted by molar-refractivity contribution is 5.80. The molecule has 0 atom stereocenters. The monoisotopic (exact) mass is 288 g/mol. The Morgan fingerprint density at radius 2 is 0.909 bits per heavy atom. The van der Waals surface area contributed by atoms with Crippen LogP contribution in [0.2, 0.25) is 0 Å². The largest absolute Gasteiger partial charge is 0.384 e. The normalized spacial score (nSPS) is 10.2. The summed E-state index contributed by atoms with van der Waals surface area (Å²) in [6.07, 6.45) is 0. The molecule has 2 aromatic heterocycles. The Balaban J connectivity index is 0.000000131. The Bertz CT molecular complexity index is 841. The first-order chi connectivity index (χ1) is 10.7. The number of nitrogens with two attached hydrogens (primary N) is 2. The molecule has 0 radical (unpaired) electrons. The summed E-state index contributed by atoms with van der Waals surface area (Å²) in [5, 5.41) is 2.25. The van der Waals surface area contributed by atoms with Crippen molar-refractivity contribution >= 4 is 33.4 Å². The van der Waals surface area contributed by atoms with Crippen molar-refractivity contribution in [2.75, 3.05) is 11.5 Å². The SMILES string of the molecule is Nc1ccc2ccccc2n1.Nc1ccc2ccccc2n1. The molecular formula is C18H16N4. The van der Waals surface area contributed by atoms with Crippen molar-refractivity contribution in [3.05, 3.63) is 72.8 Å². The van der Waals surface area contributed by atoms with Crippen LogP contribution >= 0.6 is 0 Å². The Morgan fingerprint density at radius 3 is 1.36 bits per heavy atom. The number of para-hydroxylation sites is 2. The van der Waals surface area contributed by atoms with Crippen molar-refractivity contribution in [2.45, 2.75) is 0 Å². The second-order valence-corrected chi connectivity index (χ2v) is 4.86. The van der Waals surface area contributed by atoms with E-state index >= 15 is 0 Å². The van der Waals surface area contributed by atoms with Crippen LogP contribution in [0.1, 0.15) is 0 Å². The molecule has 0 saturated heterocycles. The summed E-state index contributed by atoms with van der Waals surface area (Å²) < 4.78 is 0. The van der Waals surface area contributed by atoms with Crippen LogP contribution in [0, 0.1) is 0 Å². The number of benzene rings is 2. The van der Waals surface area contributed by atoms with Gasteiger partial charge < -0.3 is 11.5 Å². The first-order valence-electron chi connectivity index (χ1n) is 6.95. The van der Waals surface area contributed by atoms with E-state index in [1.54, 1.807) is 0 Å². The topological polar surface area (TPSA) is 77.8 Å². The fraction of sp³-hybridized carbons (Fsp3) is 0. The lowest BCUT2D eigenvalue weighted by atomic mass is 10.2. The zero-order valence-corrected chi connectivity index (χ0v) is 12.0. The van der Waals surface area contributed by atoms with Crippen molar-refractivity contribution in [3.63, 3.8) is 0 Å². The van der Waals surface area contributed by atoms with Crippen LogP contribution in [-0.2, 0) is 0 Å². The molecule has 4 nitrogen and oxygen atoms in total. The third-order valence-corrected chi connectivity index (χ3v) is 3.24. The van der Waals surface area contributed by atoms with Gasteiger partial charge in [-0.05, 0) is 36.4 Å². The zero-order valence-electron chi connectivity index (χ0n) is 12.0. The van der Waals surface area contributed by atoms with Crippen LogP contribution in [0.15, 0.2) is 72.8 Å². The maximum Gasteiger partial charge on any atom is 0.124 e. The third-order valence-electron chi connectivity index (χ3n) is 3.24. The first kappa shape index (κ1) is 13.8. The molecule has 2 aromatic carbocycles. The fourth-order valence-electron chi connectivity index (χ4n) is 2.16. The van der Waals surface area contributed by atoms with Crippen LogP contribution in [-0.4, -0.2) is 9.97 Å². The quantitative estimate of drug-likeness (QED) is 0.518. The van der Waals surface area contributed by atoms with Crippen molar-refractivity contribution in [2.24, 2.45) is 0 Å². The summed E-state index contributed by atoms with van der Waals surface area (Å²) in [4.78, 5) is 8.31. The van der Waals surface area contributed by atoms with Crippen LogP contribution < -0.4 is 11.5 Å². The molecule has 0 amide bonds. The van der Waals surface area contributed by atoms with Gasteiger partial charge in [-0.2, -0.15) is 0 Å². The van der Waals surface area contributed by atoms with E-state index in [1.807, 2.05) is 72.8 Å². The third kappa shape index (κ3) is 3.12. The highest BCUT2D eigenvalue weighted by Gasteiger charge is 1.92. The Morgan fingerprint density at radius 1 is 0.500 bits per heavy atom. The molecule has 4 rings (SSSR count). The average molecular weight is 288 g/mol. The molecular weight excluding hydrogens is 272 g/mol. The van der Waals surface area contributed by atoms with Crippen LogP contribution in [0.5, 0.6) is 0 Å². The number of anilines is 2. The van der Waals surface area contributed by atoms with E-state index in [1.165, 1.54) is 0 Å². The van der Waals surface area contributed by atoms with Gasteiger partial charge in [0.05, 0.1) is 11.0 Å². The number of pyridine rings is 2. The molecule has 0 aliphatic rings. The number of aromatic nitrogens is 2. The van der Waals surface area contributed by atoms with E-state index in [-0.39, 0.29) is 0 Å². The second kappa shape index (κ2) is 6.10. The highest BCUT2D eigenvalue weighted by atomic mass is 14.8. The lowest BCUT2D eigenvalue weighted by molar-refractivity contribution is 1.42. The number of rotatable bonds is 0. The van der Waals surface area contributed by atoms with Crippen molar-refractivity contribution in [1.29, 1.82) is 0 Å². The van der Waals surface area contributed by atoms with Gasteiger partial charge in [-0.25, -0.2) is 9.97 Å². The Labute approximate surface area is 128 Å². The predicted octanol–water partition coefficient (Wildman–Crippen LogP) is 3.63. The van der Waals surface area contributed by atoms with E-state index in [9.17, 15) is 0 Å². The number of nitrogen functional groups attached to an aromatic ring is 2. The minimum absolute atomic E-state index is 0.573. The second-order valence-electron chi connectivity index (χ2n) is 4.86. The summed E-state index contributed by atoms with van der Waals surface area (Å²) >= 11 is 0.